The highest BCUT2D eigenvalue weighted by Crippen LogP contribution is 2.32. The second-order valence-electron chi connectivity index (χ2n) is 4.92. The monoisotopic (exact) mass is 267 g/mol. The summed E-state index contributed by atoms with van der Waals surface area (Å²) in [6.07, 6.45) is -0.120. The second kappa shape index (κ2) is 4.89. The molecule has 0 saturated heterocycles. The van der Waals surface area contributed by atoms with Gasteiger partial charge in [-0.3, -0.25) is 0 Å². The summed E-state index contributed by atoms with van der Waals surface area (Å²) in [6, 6.07) is 13.6. The summed E-state index contributed by atoms with van der Waals surface area (Å²) < 4.78 is 5.86. The van der Waals surface area contributed by atoms with Crippen molar-refractivity contribution in [2.45, 2.75) is 20.0 Å². The van der Waals surface area contributed by atoms with Crippen LogP contribution < -0.4 is 15.8 Å². The first-order chi connectivity index (χ1) is 9.63. The van der Waals surface area contributed by atoms with E-state index in [4.69, 9.17) is 10.5 Å². The molecule has 1 heterocycles. The maximum Gasteiger partial charge on any atom is 0.153 e. The normalized spacial score (nSPS) is 19.1. The molecule has 3 N–H and O–H groups in total. The predicted octanol–water partition coefficient (Wildman–Crippen LogP) is 3.50. The number of hydrogen-bond acceptors (Lipinski definition) is 3. The molecule has 0 aliphatic carbocycles. The van der Waals surface area contributed by atoms with Crippen molar-refractivity contribution in [3.8, 4) is 5.75 Å². The van der Waals surface area contributed by atoms with Gasteiger partial charge in [0.25, 0.3) is 0 Å². The topological polar surface area (TPSA) is 59.6 Å². The van der Waals surface area contributed by atoms with Crippen LogP contribution in [0.4, 0.5) is 17.1 Å². The molecule has 102 valence electrons. The molecule has 0 aromatic heterocycles. The number of fused-ring (bicyclic) bond motifs is 1. The molecule has 2 aromatic carbocycles. The van der Waals surface area contributed by atoms with Crippen molar-refractivity contribution in [3.63, 3.8) is 0 Å². The smallest absolute Gasteiger partial charge is 0.153 e. The SMILES string of the molecule is Cc1ccccc1N=C1Nc2cc(N)ccc2OC1C. The Bertz CT molecular complexity index is 679. The third-order valence-corrected chi connectivity index (χ3v) is 3.31. The molecule has 0 bridgehead atoms. The van der Waals surface area contributed by atoms with E-state index < -0.39 is 0 Å². The van der Waals surface area contributed by atoms with Crippen LogP contribution in [0.1, 0.15) is 12.5 Å². The molecule has 0 radical (unpaired) electrons. The van der Waals surface area contributed by atoms with E-state index in [1.807, 2.05) is 56.3 Å². The number of anilines is 2. The predicted molar refractivity (Wildman–Crippen MR) is 82.8 cm³/mol. The summed E-state index contributed by atoms with van der Waals surface area (Å²) in [4.78, 5) is 4.67. The van der Waals surface area contributed by atoms with E-state index in [0.29, 0.717) is 5.69 Å². The molecule has 3 rings (SSSR count). The third-order valence-electron chi connectivity index (χ3n) is 3.31. The molecule has 20 heavy (non-hydrogen) atoms. The van der Waals surface area contributed by atoms with Gasteiger partial charge in [-0.25, -0.2) is 4.99 Å². The highest BCUT2D eigenvalue weighted by molar-refractivity contribution is 6.03. The van der Waals surface area contributed by atoms with Crippen LogP contribution in [-0.4, -0.2) is 11.9 Å². The van der Waals surface area contributed by atoms with Crippen molar-refractivity contribution < 1.29 is 4.74 Å². The van der Waals surface area contributed by atoms with E-state index in [2.05, 4.69) is 10.3 Å². The number of nitrogens with one attached hydrogen (secondary N) is 1. The zero-order valence-electron chi connectivity index (χ0n) is 11.6. The van der Waals surface area contributed by atoms with Crippen molar-refractivity contribution in [2.24, 2.45) is 4.99 Å². The highest BCUT2D eigenvalue weighted by atomic mass is 16.5. The van der Waals surface area contributed by atoms with Crippen LogP contribution in [0.15, 0.2) is 47.5 Å². The van der Waals surface area contributed by atoms with Crippen molar-refractivity contribution in [1.82, 2.24) is 0 Å². The van der Waals surface area contributed by atoms with Crippen molar-refractivity contribution in [1.29, 1.82) is 0 Å². The molecule has 0 saturated carbocycles. The van der Waals surface area contributed by atoms with E-state index in [9.17, 15) is 0 Å². The second-order valence-corrected chi connectivity index (χ2v) is 4.92. The lowest BCUT2D eigenvalue weighted by Crippen LogP contribution is -2.34. The average Bonchev–Trinajstić information content (AvgIpc) is 2.42. The Morgan fingerprint density at radius 3 is 2.80 bits per heavy atom. The molecule has 0 amide bonds. The molecular weight excluding hydrogens is 250 g/mol. The van der Waals surface area contributed by atoms with Gasteiger partial charge in [0.05, 0.1) is 11.4 Å². The molecule has 1 aliphatic heterocycles. The molecule has 0 spiro atoms. The van der Waals surface area contributed by atoms with Crippen LogP contribution in [0, 0.1) is 6.92 Å². The van der Waals surface area contributed by atoms with Crippen LogP contribution in [-0.2, 0) is 0 Å². The Kier molecular flexibility index (Phi) is 3.06. The number of nitrogens with two attached hydrogens (primary N) is 1. The highest BCUT2D eigenvalue weighted by Gasteiger charge is 2.22. The van der Waals surface area contributed by atoms with Crippen LogP contribution in [0.5, 0.6) is 5.75 Å². The van der Waals surface area contributed by atoms with Crippen molar-refractivity contribution in [3.05, 3.63) is 48.0 Å². The average molecular weight is 267 g/mol. The van der Waals surface area contributed by atoms with Crippen molar-refractivity contribution >= 4 is 22.9 Å². The van der Waals surface area contributed by atoms with Crippen LogP contribution in [0.25, 0.3) is 0 Å². The number of aryl methyl sites for hydroxylation is 1. The van der Waals surface area contributed by atoms with Gasteiger partial charge in [0, 0.05) is 5.69 Å². The Morgan fingerprint density at radius 2 is 2.00 bits per heavy atom. The Balaban J connectivity index is 1.98. The molecule has 1 unspecified atom stereocenters. The Labute approximate surface area is 118 Å². The van der Waals surface area contributed by atoms with Crippen LogP contribution in [0.2, 0.25) is 0 Å². The minimum atomic E-state index is -0.120. The fourth-order valence-corrected chi connectivity index (χ4v) is 2.17. The lowest BCUT2D eigenvalue weighted by atomic mass is 10.2. The van der Waals surface area contributed by atoms with Crippen LogP contribution >= 0.6 is 0 Å². The maximum atomic E-state index is 5.86. The van der Waals surface area contributed by atoms with Gasteiger partial charge < -0.3 is 15.8 Å². The fourth-order valence-electron chi connectivity index (χ4n) is 2.17. The molecule has 1 aliphatic rings. The van der Waals surface area contributed by atoms with Gasteiger partial charge in [0.15, 0.2) is 6.10 Å². The zero-order chi connectivity index (χ0) is 14.1. The van der Waals surface area contributed by atoms with E-state index in [0.717, 1.165) is 28.5 Å². The summed E-state index contributed by atoms with van der Waals surface area (Å²) in [5.41, 5.74) is 9.43. The first-order valence-corrected chi connectivity index (χ1v) is 6.61. The van der Waals surface area contributed by atoms with Gasteiger partial charge in [-0.1, -0.05) is 18.2 Å². The number of nitrogen functional groups attached to an aromatic ring is 1. The first kappa shape index (κ1) is 12.5. The first-order valence-electron chi connectivity index (χ1n) is 6.61. The summed E-state index contributed by atoms with van der Waals surface area (Å²) in [6.45, 7) is 4.02. The van der Waals surface area contributed by atoms with Gasteiger partial charge in [0.2, 0.25) is 0 Å². The number of benzene rings is 2. The van der Waals surface area contributed by atoms with Crippen LogP contribution in [0.3, 0.4) is 0 Å². The molecule has 1 atom stereocenters. The summed E-state index contributed by atoms with van der Waals surface area (Å²) in [7, 11) is 0. The number of aliphatic imine (C=N–C) groups is 1. The summed E-state index contributed by atoms with van der Waals surface area (Å²) in [5.74, 6) is 1.59. The van der Waals surface area contributed by atoms with E-state index >= 15 is 0 Å². The minimum Gasteiger partial charge on any atom is -0.481 e. The number of hydrogen-bond donors (Lipinski definition) is 2. The Hall–Kier alpha value is -2.49. The quantitative estimate of drug-likeness (QED) is 0.777. The largest absolute Gasteiger partial charge is 0.481 e. The molecule has 2 aromatic rings. The van der Waals surface area contributed by atoms with E-state index in [1.54, 1.807) is 0 Å². The van der Waals surface area contributed by atoms with Gasteiger partial charge in [-0.15, -0.1) is 0 Å². The Morgan fingerprint density at radius 1 is 1.20 bits per heavy atom. The molecule has 4 heteroatoms. The lowest BCUT2D eigenvalue weighted by molar-refractivity contribution is 0.283. The minimum absolute atomic E-state index is 0.120. The standard InChI is InChI=1S/C16H17N3O/c1-10-5-3-4-6-13(10)18-16-11(2)20-15-8-7-12(17)9-14(15)19-16/h3-9,11H,17H2,1-2H3,(H,18,19). The molecular formula is C16H17N3O. The summed E-state index contributed by atoms with van der Waals surface area (Å²) in [5, 5.41) is 3.31. The maximum absolute atomic E-state index is 5.86. The van der Waals surface area contributed by atoms with Gasteiger partial charge in [-0.2, -0.15) is 0 Å². The van der Waals surface area contributed by atoms with Crippen molar-refractivity contribution in [2.75, 3.05) is 11.1 Å². The van der Waals surface area contributed by atoms with Gasteiger partial charge >= 0.3 is 0 Å². The number of ether oxygens (including phenoxy) is 1. The van der Waals surface area contributed by atoms with E-state index in [1.165, 1.54) is 0 Å². The zero-order valence-corrected chi connectivity index (χ0v) is 11.6. The summed E-state index contributed by atoms with van der Waals surface area (Å²) >= 11 is 0. The van der Waals surface area contributed by atoms with E-state index in [-0.39, 0.29) is 6.10 Å². The number of nitrogens with zero attached hydrogens (tertiary/aromatic N) is 1. The number of para-hydroxylation sites is 1. The van der Waals surface area contributed by atoms with Gasteiger partial charge in [0.1, 0.15) is 11.6 Å². The fraction of sp³-hybridized carbons (Fsp3) is 0.188. The third kappa shape index (κ3) is 2.32. The lowest BCUT2D eigenvalue weighted by Gasteiger charge is -2.26. The molecule has 4 nitrogen and oxygen atoms in total. The number of amidine groups is 1. The molecule has 0 fully saturated rings. The van der Waals surface area contributed by atoms with Gasteiger partial charge in [-0.05, 0) is 43.7 Å². The number of rotatable bonds is 1.